The minimum Gasteiger partial charge on any atom is -0.409 e. The van der Waals surface area contributed by atoms with Gasteiger partial charge in [0.1, 0.15) is 11.8 Å². The van der Waals surface area contributed by atoms with Crippen molar-refractivity contribution in [1.82, 2.24) is 9.78 Å². The van der Waals surface area contributed by atoms with Gasteiger partial charge in [0.2, 0.25) is 5.89 Å². The Morgan fingerprint density at radius 2 is 2.12 bits per heavy atom. The molecule has 0 radical (unpaired) electrons. The highest BCUT2D eigenvalue weighted by Gasteiger charge is 2.35. The zero-order valence-electron chi connectivity index (χ0n) is 13.2. The van der Waals surface area contributed by atoms with Crippen LogP contribution in [0.3, 0.4) is 0 Å². The van der Waals surface area contributed by atoms with Gasteiger partial charge in [-0.1, -0.05) is 11.6 Å². The maximum absolute atomic E-state index is 11.7. The molecule has 2 atom stereocenters. The van der Waals surface area contributed by atoms with Crippen molar-refractivity contribution in [2.24, 2.45) is 0 Å². The van der Waals surface area contributed by atoms with E-state index in [0.29, 0.717) is 24.0 Å². The molecule has 0 saturated carbocycles. The number of quaternary nitrogens is 1. The maximum Gasteiger partial charge on any atom is 0.292 e. The largest absolute Gasteiger partial charge is 0.409 e. The second kappa shape index (κ2) is 6.95. The molecule has 1 fully saturated rings. The van der Waals surface area contributed by atoms with E-state index in [0.717, 1.165) is 17.0 Å². The molecule has 1 aromatic carbocycles. The summed E-state index contributed by atoms with van der Waals surface area (Å²) in [5, 5.41) is 5.08. The standard InChI is InChI=1S/C15H18ClN3O3S2/c1-2-18(13-7-8-24(20,21)9-13)10-19-15(23)22-14(17-19)11-3-5-12(16)6-4-11/h3-6,13H,2,7-10H2,1H3/p+1/t13-/m1/s1. The lowest BCUT2D eigenvalue weighted by Gasteiger charge is -2.22. The molecule has 0 amide bonds. The predicted octanol–water partition coefficient (Wildman–Crippen LogP) is 1.58. The normalized spacial score (nSPS) is 21.0. The molecule has 3 rings (SSSR count). The molecule has 130 valence electrons. The SMILES string of the molecule is CC[NH+](Cn1nc(-c2ccc(Cl)cc2)oc1=S)[C@@H]1CCS(=O)(=O)C1. The van der Waals surface area contributed by atoms with Gasteiger partial charge in [-0.25, -0.2) is 8.42 Å². The fourth-order valence-electron chi connectivity index (χ4n) is 2.95. The number of aromatic nitrogens is 2. The summed E-state index contributed by atoms with van der Waals surface area (Å²) in [4.78, 5) is 1.43. The molecule has 1 aliphatic heterocycles. The summed E-state index contributed by atoms with van der Waals surface area (Å²) in [6, 6.07) is 7.25. The molecule has 1 aliphatic rings. The van der Waals surface area contributed by atoms with Gasteiger partial charge >= 0.3 is 0 Å². The highest BCUT2D eigenvalue weighted by molar-refractivity contribution is 7.91. The van der Waals surface area contributed by atoms with E-state index < -0.39 is 9.84 Å². The molecular formula is C15H19ClN3O3S2+. The first kappa shape index (κ1) is 17.6. The van der Waals surface area contributed by atoms with Gasteiger partial charge in [-0.2, -0.15) is 4.68 Å². The van der Waals surface area contributed by atoms with Crippen molar-refractivity contribution >= 4 is 33.7 Å². The molecule has 2 aromatic rings. The third kappa shape index (κ3) is 3.88. The van der Waals surface area contributed by atoms with E-state index in [9.17, 15) is 8.42 Å². The van der Waals surface area contributed by atoms with Crippen molar-refractivity contribution in [3.8, 4) is 11.5 Å². The molecule has 1 aromatic heterocycles. The molecule has 6 nitrogen and oxygen atoms in total. The van der Waals surface area contributed by atoms with Crippen molar-refractivity contribution in [3.05, 3.63) is 34.1 Å². The number of hydrogen-bond acceptors (Lipinski definition) is 5. The number of hydrogen-bond donors (Lipinski definition) is 1. The van der Waals surface area contributed by atoms with Gasteiger partial charge in [0, 0.05) is 17.0 Å². The fraction of sp³-hybridized carbons (Fsp3) is 0.467. The summed E-state index contributed by atoms with van der Waals surface area (Å²) in [6.45, 7) is 3.32. The number of halogens is 1. The van der Waals surface area contributed by atoms with Crippen LogP contribution in [-0.2, 0) is 16.5 Å². The Hall–Kier alpha value is -1.22. The Kier molecular flexibility index (Phi) is 5.10. The van der Waals surface area contributed by atoms with Gasteiger partial charge in [-0.15, -0.1) is 5.10 Å². The third-order valence-electron chi connectivity index (χ3n) is 4.31. The van der Waals surface area contributed by atoms with Crippen LogP contribution in [0.4, 0.5) is 0 Å². The molecule has 2 heterocycles. The summed E-state index contributed by atoms with van der Waals surface area (Å²) < 4.78 is 30.6. The smallest absolute Gasteiger partial charge is 0.292 e. The van der Waals surface area contributed by atoms with Crippen LogP contribution in [-0.4, -0.2) is 42.3 Å². The minimum atomic E-state index is -2.91. The summed E-state index contributed by atoms with van der Waals surface area (Å²) >= 11 is 11.2. The Morgan fingerprint density at radius 3 is 2.71 bits per heavy atom. The Morgan fingerprint density at radius 1 is 1.42 bits per heavy atom. The number of benzene rings is 1. The van der Waals surface area contributed by atoms with Crippen LogP contribution in [0.5, 0.6) is 0 Å². The van der Waals surface area contributed by atoms with E-state index >= 15 is 0 Å². The number of nitrogens with zero attached hydrogens (tertiary/aromatic N) is 2. The van der Waals surface area contributed by atoms with E-state index in [4.69, 9.17) is 28.2 Å². The molecule has 0 aliphatic carbocycles. The molecule has 24 heavy (non-hydrogen) atoms. The zero-order valence-corrected chi connectivity index (χ0v) is 15.6. The van der Waals surface area contributed by atoms with E-state index in [2.05, 4.69) is 5.10 Å². The first-order valence-corrected chi connectivity index (χ1v) is 10.4. The Balaban J connectivity index is 1.80. The van der Waals surface area contributed by atoms with Gasteiger partial charge < -0.3 is 9.32 Å². The zero-order chi connectivity index (χ0) is 17.3. The lowest BCUT2D eigenvalue weighted by Crippen LogP contribution is -3.15. The predicted molar refractivity (Wildman–Crippen MR) is 94.3 cm³/mol. The van der Waals surface area contributed by atoms with Gasteiger partial charge in [0.25, 0.3) is 4.84 Å². The van der Waals surface area contributed by atoms with Crippen molar-refractivity contribution in [2.45, 2.75) is 26.1 Å². The van der Waals surface area contributed by atoms with Crippen LogP contribution < -0.4 is 4.90 Å². The first-order chi connectivity index (χ1) is 11.4. The van der Waals surface area contributed by atoms with Crippen LogP contribution in [0.25, 0.3) is 11.5 Å². The van der Waals surface area contributed by atoms with Crippen molar-refractivity contribution in [1.29, 1.82) is 0 Å². The number of sulfone groups is 1. The van der Waals surface area contributed by atoms with Crippen LogP contribution in [0, 0.1) is 4.84 Å². The van der Waals surface area contributed by atoms with Gasteiger partial charge in [0.05, 0.1) is 12.3 Å². The van der Waals surface area contributed by atoms with Crippen molar-refractivity contribution < 1.29 is 17.7 Å². The molecule has 1 unspecified atom stereocenters. The topological polar surface area (TPSA) is 69.5 Å². The fourth-order valence-corrected chi connectivity index (χ4v) is 5.09. The summed E-state index contributed by atoms with van der Waals surface area (Å²) in [5.41, 5.74) is 0.797. The summed E-state index contributed by atoms with van der Waals surface area (Å²) in [5.74, 6) is 0.929. The highest BCUT2D eigenvalue weighted by atomic mass is 35.5. The summed E-state index contributed by atoms with van der Waals surface area (Å²) in [6.07, 6.45) is 0.681. The molecule has 0 bridgehead atoms. The number of rotatable bonds is 5. The Bertz CT molecular complexity index is 874. The third-order valence-corrected chi connectivity index (χ3v) is 6.63. The summed E-state index contributed by atoms with van der Waals surface area (Å²) in [7, 11) is -2.91. The van der Waals surface area contributed by atoms with E-state index in [1.807, 2.05) is 19.1 Å². The molecule has 9 heteroatoms. The Labute approximate surface area is 150 Å². The number of nitrogens with one attached hydrogen (secondary N) is 1. The van der Waals surface area contributed by atoms with Crippen LogP contribution in [0.1, 0.15) is 13.3 Å². The average molecular weight is 389 g/mol. The van der Waals surface area contributed by atoms with Crippen LogP contribution in [0.2, 0.25) is 5.02 Å². The second-order valence-electron chi connectivity index (χ2n) is 5.95. The maximum atomic E-state index is 11.7. The van der Waals surface area contributed by atoms with E-state index in [1.54, 1.807) is 16.8 Å². The van der Waals surface area contributed by atoms with Crippen LogP contribution in [0.15, 0.2) is 28.7 Å². The van der Waals surface area contributed by atoms with Crippen molar-refractivity contribution in [2.75, 3.05) is 18.1 Å². The monoisotopic (exact) mass is 388 g/mol. The van der Waals surface area contributed by atoms with Crippen molar-refractivity contribution in [3.63, 3.8) is 0 Å². The molecular weight excluding hydrogens is 370 g/mol. The van der Waals surface area contributed by atoms with Gasteiger partial charge in [-0.3, -0.25) is 0 Å². The van der Waals surface area contributed by atoms with Gasteiger partial charge in [-0.05, 0) is 43.4 Å². The molecule has 0 spiro atoms. The quantitative estimate of drug-likeness (QED) is 0.787. The second-order valence-corrected chi connectivity index (χ2v) is 8.96. The van der Waals surface area contributed by atoms with Gasteiger partial charge in [0.15, 0.2) is 16.5 Å². The average Bonchev–Trinajstić information content (AvgIpc) is 3.08. The minimum absolute atomic E-state index is 0.0811. The lowest BCUT2D eigenvalue weighted by atomic mass is 10.2. The highest BCUT2D eigenvalue weighted by Crippen LogP contribution is 2.20. The molecule has 1 N–H and O–H groups in total. The molecule has 1 saturated heterocycles. The first-order valence-electron chi connectivity index (χ1n) is 7.77. The van der Waals surface area contributed by atoms with Crippen LogP contribution >= 0.6 is 23.8 Å². The lowest BCUT2D eigenvalue weighted by molar-refractivity contribution is -0.943. The van der Waals surface area contributed by atoms with E-state index in [-0.39, 0.29) is 22.4 Å². The van der Waals surface area contributed by atoms with E-state index in [1.165, 1.54) is 0 Å².